The maximum absolute atomic E-state index is 15.3. The van der Waals surface area contributed by atoms with Gasteiger partial charge in [-0.1, -0.05) is 12.1 Å². The zero-order valence-electron chi connectivity index (χ0n) is 18.2. The number of nitrogens with one attached hydrogen (secondary N) is 1. The van der Waals surface area contributed by atoms with Crippen LogP contribution in [0.4, 0.5) is 10.2 Å². The van der Waals surface area contributed by atoms with Crippen molar-refractivity contribution in [1.82, 2.24) is 10.3 Å². The van der Waals surface area contributed by atoms with Crippen LogP contribution in [-0.2, 0) is 6.42 Å². The van der Waals surface area contributed by atoms with E-state index in [9.17, 15) is 14.9 Å². The summed E-state index contributed by atoms with van der Waals surface area (Å²) in [6, 6.07) is 13.9. The first-order valence-electron chi connectivity index (χ1n) is 10.4. The molecule has 0 spiro atoms. The topological polar surface area (TPSA) is 95.3 Å². The molecule has 2 amide bonds. The maximum atomic E-state index is 15.3. The van der Waals surface area contributed by atoms with Crippen LogP contribution < -0.4 is 15.0 Å². The second-order valence-corrected chi connectivity index (χ2v) is 7.60. The number of anilines is 1. The molecule has 33 heavy (non-hydrogen) atoms. The van der Waals surface area contributed by atoms with E-state index in [0.717, 1.165) is 5.56 Å². The number of aromatic nitrogens is 1. The zero-order chi connectivity index (χ0) is 23.5. The average molecular weight is 444 g/mol. The Morgan fingerprint density at radius 2 is 2.06 bits per heavy atom. The van der Waals surface area contributed by atoms with Gasteiger partial charge < -0.3 is 10.1 Å². The molecule has 8 heteroatoms. The Hall–Kier alpha value is -4.25. The van der Waals surface area contributed by atoms with Gasteiger partial charge in [-0.3, -0.25) is 14.5 Å². The second kappa shape index (κ2) is 9.09. The first-order valence-corrected chi connectivity index (χ1v) is 10.4. The third kappa shape index (κ3) is 4.13. The number of fused-ring (bicyclic) bond motifs is 1. The van der Waals surface area contributed by atoms with Crippen LogP contribution >= 0.6 is 0 Å². The number of ether oxygens (including phenoxy) is 1. The summed E-state index contributed by atoms with van der Waals surface area (Å²) in [5.74, 6) is -1.13. The average Bonchev–Trinajstić information content (AvgIpc) is 3.01. The van der Waals surface area contributed by atoms with Crippen molar-refractivity contribution in [3.63, 3.8) is 0 Å². The number of hydrogen-bond acceptors (Lipinski definition) is 5. The van der Waals surface area contributed by atoms with E-state index >= 15 is 4.39 Å². The van der Waals surface area contributed by atoms with E-state index in [0.29, 0.717) is 23.1 Å². The third-order valence-electron chi connectivity index (χ3n) is 5.61. The van der Waals surface area contributed by atoms with Crippen molar-refractivity contribution in [2.45, 2.75) is 13.3 Å². The first-order chi connectivity index (χ1) is 15.9. The minimum Gasteiger partial charge on any atom is -0.488 e. The lowest BCUT2D eigenvalue weighted by molar-refractivity contribution is 0.0961. The molecule has 2 aromatic carbocycles. The van der Waals surface area contributed by atoms with Crippen molar-refractivity contribution >= 4 is 17.6 Å². The van der Waals surface area contributed by atoms with Gasteiger partial charge >= 0.3 is 0 Å². The molecule has 0 saturated carbocycles. The van der Waals surface area contributed by atoms with Gasteiger partial charge in [-0.25, -0.2) is 9.37 Å². The highest BCUT2D eigenvalue weighted by Gasteiger charge is 2.30. The molecular formula is C25H21FN4O3. The van der Waals surface area contributed by atoms with Gasteiger partial charge in [0.2, 0.25) is 0 Å². The van der Waals surface area contributed by atoms with Crippen LogP contribution in [0.2, 0.25) is 0 Å². The molecule has 1 aliphatic heterocycles. The van der Waals surface area contributed by atoms with Crippen molar-refractivity contribution in [3.05, 3.63) is 87.9 Å². The van der Waals surface area contributed by atoms with Gasteiger partial charge in [0.25, 0.3) is 11.8 Å². The number of nitrogens with zero attached hydrogens (tertiary/aromatic N) is 3. The highest BCUT2D eigenvalue weighted by Crippen LogP contribution is 2.33. The molecule has 7 nitrogen and oxygen atoms in total. The molecule has 1 aliphatic rings. The van der Waals surface area contributed by atoms with E-state index in [2.05, 4.69) is 10.3 Å². The Kier molecular flexibility index (Phi) is 6.05. The van der Waals surface area contributed by atoms with Gasteiger partial charge in [-0.05, 0) is 60.4 Å². The van der Waals surface area contributed by atoms with Gasteiger partial charge in [-0.15, -0.1) is 0 Å². The van der Waals surface area contributed by atoms with E-state index in [1.54, 1.807) is 56.4 Å². The van der Waals surface area contributed by atoms with Gasteiger partial charge in [0.15, 0.2) is 17.4 Å². The number of pyridine rings is 1. The highest BCUT2D eigenvalue weighted by molar-refractivity contribution is 6.08. The number of halogens is 1. The largest absolute Gasteiger partial charge is 0.488 e. The molecule has 0 bridgehead atoms. The lowest BCUT2D eigenvalue weighted by Gasteiger charge is -2.20. The minimum absolute atomic E-state index is 0.0663. The standard InChI is InChI=1S/C25H21FN4O3/c1-15-19(12-16-5-7-17(8-6-16)24(31)28-2)13-20-22(21(15)26)33-11-10-30(25(20)32)23-18(14-27)4-3-9-29-23/h3-9,13H,10-12H2,1-2H3,(H,28,31). The molecule has 0 saturated heterocycles. The predicted molar refractivity (Wildman–Crippen MR) is 120 cm³/mol. The summed E-state index contributed by atoms with van der Waals surface area (Å²) in [6.45, 7) is 1.84. The lowest BCUT2D eigenvalue weighted by Crippen LogP contribution is -2.33. The molecule has 1 N–H and O–H groups in total. The number of carbonyl (C=O) groups is 2. The quantitative estimate of drug-likeness (QED) is 0.666. The maximum Gasteiger partial charge on any atom is 0.263 e. The van der Waals surface area contributed by atoms with Crippen molar-refractivity contribution in [1.29, 1.82) is 5.26 Å². The van der Waals surface area contributed by atoms with Crippen LogP contribution in [0.5, 0.6) is 5.75 Å². The number of nitriles is 1. The Bertz CT molecular complexity index is 1280. The number of carbonyl (C=O) groups excluding carboxylic acids is 2. The molecule has 0 atom stereocenters. The molecule has 3 aromatic rings. The summed E-state index contributed by atoms with van der Waals surface area (Å²) in [7, 11) is 1.56. The number of benzene rings is 2. The number of amides is 2. The second-order valence-electron chi connectivity index (χ2n) is 7.60. The lowest BCUT2D eigenvalue weighted by atomic mass is 9.96. The third-order valence-corrected chi connectivity index (χ3v) is 5.61. The molecule has 4 rings (SSSR count). The summed E-state index contributed by atoms with van der Waals surface area (Å²) in [6.07, 6.45) is 1.87. The molecule has 2 heterocycles. The normalized spacial score (nSPS) is 12.9. The Morgan fingerprint density at radius 3 is 2.76 bits per heavy atom. The summed E-state index contributed by atoms with van der Waals surface area (Å²) < 4.78 is 20.9. The predicted octanol–water partition coefficient (Wildman–Crippen LogP) is 3.39. The summed E-state index contributed by atoms with van der Waals surface area (Å²) >= 11 is 0. The van der Waals surface area contributed by atoms with Gasteiger partial charge in [0.05, 0.1) is 17.7 Å². The summed E-state index contributed by atoms with van der Waals surface area (Å²) in [5.41, 5.74) is 2.73. The number of rotatable bonds is 4. The number of hydrogen-bond donors (Lipinski definition) is 1. The minimum atomic E-state index is -0.582. The van der Waals surface area contributed by atoms with Crippen molar-refractivity contribution < 1.29 is 18.7 Å². The fraction of sp³-hybridized carbons (Fsp3) is 0.200. The Morgan fingerprint density at radius 1 is 1.30 bits per heavy atom. The molecule has 0 aliphatic carbocycles. The van der Waals surface area contributed by atoms with Crippen LogP contribution in [0.1, 0.15) is 43.0 Å². The van der Waals surface area contributed by atoms with E-state index in [4.69, 9.17) is 4.74 Å². The van der Waals surface area contributed by atoms with E-state index in [1.807, 2.05) is 6.07 Å². The van der Waals surface area contributed by atoms with E-state index in [1.165, 1.54) is 11.1 Å². The summed E-state index contributed by atoms with van der Waals surface area (Å²) in [5, 5.41) is 12.0. The molecular weight excluding hydrogens is 423 g/mol. The van der Waals surface area contributed by atoms with Gasteiger partial charge in [-0.2, -0.15) is 5.26 Å². The smallest absolute Gasteiger partial charge is 0.263 e. The monoisotopic (exact) mass is 444 g/mol. The SMILES string of the molecule is CNC(=O)c1ccc(Cc2cc3c(c(F)c2C)OCCN(c2ncccc2C#N)C3=O)cc1. The summed E-state index contributed by atoms with van der Waals surface area (Å²) in [4.78, 5) is 30.7. The van der Waals surface area contributed by atoms with Gasteiger partial charge in [0.1, 0.15) is 12.7 Å². The van der Waals surface area contributed by atoms with Crippen LogP contribution in [0.25, 0.3) is 0 Å². The zero-order valence-corrected chi connectivity index (χ0v) is 18.2. The fourth-order valence-corrected chi connectivity index (χ4v) is 3.79. The van der Waals surface area contributed by atoms with Crippen LogP contribution in [-0.4, -0.2) is 37.0 Å². The van der Waals surface area contributed by atoms with E-state index in [-0.39, 0.29) is 41.8 Å². The van der Waals surface area contributed by atoms with Crippen LogP contribution in [0.15, 0.2) is 48.7 Å². The van der Waals surface area contributed by atoms with Crippen molar-refractivity contribution in [3.8, 4) is 11.8 Å². The highest BCUT2D eigenvalue weighted by atomic mass is 19.1. The van der Waals surface area contributed by atoms with Crippen LogP contribution in [0, 0.1) is 24.1 Å². The molecule has 0 fully saturated rings. The van der Waals surface area contributed by atoms with E-state index < -0.39 is 11.7 Å². The van der Waals surface area contributed by atoms with Crippen molar-refractivity contribution in [2.75, 3.05) is 25.1 Å². The molecule has 1 aromatic heterocycles. The van der Waals surface area contributed by atoms with Crippen LogP contribution in [0.3, 0.4) is 0 Å². The van der Waals surface area contributed by atoms with Gasteiger partial charge in [0, 0.05) is 18.8 Å². The molecule has 166 valence electrons. The fourth-order valence-electron chi connectivity index (χ4n) is 3.79. The molecule has 0 radical (unpaired) electrons. The first kappa shape index (κ1) is 22.0. The Labute approximate surface area is 190 Å². The van der Waals surface area contributed by atoms with Crippen molar-refractivity contribution in [2.24, 2.45) is 0 Å². The Balaban J connectivity index is 1.72. The molecule has 0 unspecified atom stereocenters.